The highest BCUT2D eigenvalue weighted by Gasteiger charge is 2.34. The summed E-state index contributed by atoms with van der Waals surface area (Å²) in [5.41, 5.74) is 0.670. The summed E-state index contributed by atoms with van der Waals surface area (Å²) < 4.78 is 1.60. The Labute approximate surface area is 136 Å². The molecule has 2 fully saturated rings. The van der Waals surface area contributed by atoms with Gasteiger partial charge in [0.2, 0.25) is 5.91 Å². The van der Waals surface area contributed by atoms with Crippen LogP contribution in [0.1, 0.15) is 39.0 Å². The summed E-state index contributed by atoms with van der Waals surface area (Å²) in [7, 11) is 0. The second kappa shape index (κ2) is 7.29. The molecular weight excluding hydrogens is 302 g/mol. The molecule has 3 heterocycles. The second-order valence-corrected chi connectivity index (χ2v) is 6.27. The third-order valence-corrected chi connectivity index (χ3v) is 4.65. The molecule has 0 saturated carbocycles. The van der Waals surface area contributed by atoms with Gasteiger partial charge >= 0.3 is 0 Å². The van der Waals surface area contributed by atoms with Crippen molar-refractivity contribution in [3.63, 3.8) is 0 Å². The first-order valence-electron chi connectivity index (χ1n) is 7.90. The number of amides is 1. The molecule has 1 amide bonds. The number of nitrogens with one attached hydrogen (secondary N) is 2. The van der Waals surface area contributed by atoms with Crippen LogP contribution in [-0.2, 0) is 11.3 Å². The number of rotatable bonds is 4. The molecule has 0 radical (unpaired) electrons. The lowest BCUT2D eigenvalue weighted by molar-refractivity contribution is -0.117. The van der Waals surface area contributed by atoms with Crippen LogP contribution in [0.4, 0.5) is 5.69 Å². The minimum absolute atomic E-state index is 0. The predicted molar refractivity (Wildman–Crippen MR) is 89.5 cm³/mol. The summed E-state index contributed by atoms with van der Waals surface area (Å²) in [6, 6.07) is 4.41. The molecule has 2 saturated heterocycles. The minimum atomic E-state index is -0.0366. The van der Waals surface area contributed by atoms with Crippen LogP contribution in [0.15, 0.2) is 23.1 Å². The first kappa shape index (κ1) is 17.0. The standard InChI is InChI=1S/C16H23N3O2.ClH/c1-2-19-10-14(5-6-16(19)21)18-15(20)9-11-7-12-3-4-13(8-11)17-12;/h5-6,10-13,17H,2-4,7-9H2,1H3,(H,18,20);1H. The van der Waals surface area contributed by atoms with Crippen molar-refractivity contribution in [1.82, 2.24) is 9.88 Å². The Kier molecular flexibility index (Phi) is 5.64. The van der Waals surface area contributed by atoms with Gasteiger partial charge in [0.05, 0.1) is 5.69 Å². The average molecular weight is 326 g/mol. The normalized spacial score (nSPS) is 26.3. The lowest BCUT2D eigenvalue weighted by atomic mass is 9.89. The summed E-state index contributed by atoms with van der Waals surface area (Å²) in [5.74, 6) is 0.545. The average Bonchev–Trinajstić information content (AvgIpc) is 2.80. The number of pyridine rings is 1. The highest BCUT2D eigenvalue weighted by molar-refractivity contribution is 5.90. The van der Waals surface area contributed by atoms with E-state index in [0.717, 1.165) is 12.8 Å². The van der Waals surface area contributed by atoms with Crippen LogP contribution < -0.4 is 16.2 Å². The summed E-state index contributed by atoms with van der Waals surface area (Å²) >= 11 is 0. The summed E-state index contributed by atoms with van der Waals surface area (Å²) in [6.45, 7) is 2.53. The van der Waals surface area contributed by atoms with Crippen LogP contribution >= 0.6 is 12.4 Å². The highest BCUT2D eigenvalue weighted by atomic mass is 35.5. The SMILES string of the molecule is CCn1cc(NC(=O)CC2CC3CCC(C2)N3)ccc1=O.Cl. The van der Waals surface area contributed by atoms with Crippen LogP contribution in [0.5, 0.6) is 0 Å². The van der Waals surface area contributed by atoms with Crippen molar-refractivity contribution in [3.8, 4) is 0 Å². The minimum Gasteiger partial charge on any atom is -0.325 e. The van der Waals surface area contributed by atoms with E-state index < -0.39 is 0 Å². The van der Waals surface area contributed by atoms with E-state index in [0.29, 0.717) is 36.7 Å². The Hall–Kier alpha value is -1.33. The first-order chi connectivity index (χ1) is 10.1. The molecular formula is C16H24ClN3O2. The van der Waals surface area contributed by atoms with Crippen LogP contribution in [0.2, 0.25) is 0 Å². The lowest BCUT2D eigenvalue weighted by Crippen LogP contribution is -2.39. The molecule has 2 atom stereocenters. The Bertz CT molecular complexity index is 575. The number of aryl methyl sites for hydroxylation is 1. The van der Waals surface area contributed by atoms with Crippen molar-refractivity contribution in [2.24, 2.45) is 5.92 Å². The zero-order valence-electron chi connectivity index (χ0n) is 12.9. The molecule has 2 N–H and O–H groups in total. The number of fused-ring (bicyclic) bond motifs is 2. The van der Waals surface area contributed by atoms with E-state index >= 15 is 0 Å². The quantitative estimate of drug-likeness (QED) is 0.891. The third-order valence-electron chi connectivity index (χ3n) is 4.65. The molecule has 0 aromatic carbocycles. The predicted octanol–water partition coefficient (Wildman–Crippen LogP) is 2.15. The largest absolute Gasteiger partial charge is 0.325 e. The van der Waals surface area contributed by atoms with Gasteiger partial charge in [-0.05, 0) is 44.6 Å². The van der Waals surface area contributed by atoms with Crippen molar-refractivity contribution in [1.29, 1.82) is 0 Å². The molecule has 2 unspecified atom stereocenters. The van der Waals surface area contributed by atoms with Gasteiger partial charge in [-0.1, -0.05) is 0 Å². The van der Waals surface area contributed by atoms with E-state index in [4.69, 9.17) is 0 Å². The summed E-state index contributed by atoms with van der Waals surface area (Å²) in [4.78, 5) is 23.7. The second-order valence-electron chi connectivity index (χ2n) is 6.27. The Morgan fingerprint density at radius 3 is 2.64 bits per heavy atom. The molecule has 0 spiro atoms. The monoisotopic (exact) mass is 325 g/mol. The van der Waals surface area contributed by atoms with Crippen LogP contribution in [0.25, 0.3) is 0 Å². The van der Waals surface area contributed by atoms with Gasteiger partial charge < -0.3 is 15.2 Å². The topological polar surface area (TPSA) is 63.1 Å². The molecule has 1 aromatic rings. The molecule has 2 aliphatic heterocycles. The van der Waals surface area contributed by atoms with Gasteiger partial charge in [-0.15, -0.1) is 12.4 Å². The first-order valence-corrected chi connectivity index (χ1v) is 7.90. The number of halogens is 1. The maximum Gasteiger partial charge on any atom is 0.250 e. The zero-order valence-corrected chi connectivity index (χ0v) is 13.7. The zero-order chi connectivity index (χ0) is 14.8. The Balaban J connectivity index is 0.00000176. The Morgan fingerprint density at radius 2 is 2.00 bits per heavy atom. The van der Waals surface area contributed by atoms with E-state index in [1.54, 1.807) is 16.8 Å². The Morgan fingerprint density at radius 1 is 1.32 bits per heavy atom. The van der Waals surface area contributed by atoms with E-state index in [-0.39, 0.29) is 23.9 Å². The maximum absolute atomic E-state index is 12.2. The van der Waals surface area contributed by atoms with Gasteiger partial charge in [-0.25, -0.2) is 0 Å². The molecule has 2 bridgehead atoms. The fraction of sp³-hybridized carbons (Fsp3) is 0.625. The van der Waals surface area contributed by atoms with E-state index in [1.807, 2.05) is 6.92 Å². The number of anilines is 1. The molecule has 0 aliphatic carbocycles. The van der Waals surface area contributed by atoms with Gasteiger partial charge in [0.15, 0.2) is 0 Å². The van der Waals surface area contributed by atoms with Crippen molar-refractivity contribution in [3.05, 3.63) is 28.7 Å². The molecule has 22 heavy (non-hydrogen) atoms. The fourth-order valence-electron chi connectivity index (χ4n) is 3.67. The number of carbonyl (C=O) groups is 1. The highest BCUT2D eigenvalue weighted by Crippen LogP contribution is 2.32. The number of hydrogen-bond acceptors (Lipinski definition) is 3. The van der Waals surface area contributed by atoms with Crippen LogP contribution in [0.3, 0.4) is 0 Å². The molecule has 6 heteroatoms. The number of hydrogen-bond donors (Lipinski definition) is 2. The molecule has 2 aliphatic rings. The molecule has 5 nitrogen and oxygen atoms in total. The van der Waals surface area contributed by atoms with Gasteiger partial charge in [0.1, 0.15) is 0 Å². The number of carbonyl (C=O) groups excluding carboxylic acids is 1. The number of nitrogens with zero attached hydrogens (tertiary/aromatic N) is 1. The van der Waals surface area contributed by atoms with Crippen molar-refractivity contribution < 1.29 is 4.79 Å². The fourth-order valence-corrected chi connectivity index (χ4v) is 3.67. The number of aromatic nitrogens is 1. The number of piperidine rings is 1. The van der Waals surface area contributed by atoms with E-state index in [1.165, 1.54) is 18.9 Å². The summed E-state index contributed by atoms with van der Waals surface area (Å²) in [5, 5.41) is 6.52. The van der Waals surface area contributed by atoms with Gasteiger partial charge in [0.25, 0.3) is 5.56 Å². The summed E-state index contributed by atoms with van der Waals surface area (Å²) in [6.07, 6.45) is 7.03. The van der Waals surface area contributed by atoms with Crippen LogP contribution in [0, 0.1) is 5.92 Å². The van der Waals surface area contributed by atoms with Gasteiger partial charge in [-0.2, -0.15) is 0 Å². The lowest BCUT2D eigenvalue weighted by Gasteiger charge is -2.28. The van der Waals surface area contributed by atoms with E-state index in [2.05, 4.69) is 10.6 Å². The van der Waals surface area contributed by atoms with Crippen LogP contribution in [-0.4, -0.2) is 22.6 Å². The van der Waals surface area contributed by atoms with Crippen molar-refractivity contribution in [2.75, 3.05) is 5.32 Å². The third kappa shape index (κ3) is 3.90. The molecule has 3 rings (SSSR count). The van der Waals surface area contributed by atoms with Gasteiger partial charge in [-0.3, -0.25) is 9.59 Å². The molecule has 1 aromatic heterocycles. The van der Waals surface area contributed by atoms with Crippen molar-refractivity contribution in [2.45, 2.75) is 57.7 Å². The van der Waals surface area contributed by atoms with Crippen molar-refractivity contribution >= 4 is 24.0 Å². The smallest absolute Gasteiger partial charge is 0.250 e. The maximum atomic E-state index is 12.2. The molecule has 122 valence electrons. The van der Waals surface area contributed by atoms with E-state index in [9.17, 15) is 9.59 Å². The van der Waals surface area contributed by atoms with Gasteiger partial charge in [0, 0.05) is 37.3 Å².